The van der Waals surface area contributed by atoms with Crippen LogP contribution in [-0.4, -0.2) is 17.9 Å². The molecule has 110 valence electrons. The van der Waals surface area contributed by atoms with Gasteiger partial charge in [0.2, 0.25) is 0 Å². The molecule has 2 aromatic carbocycles. The quantitative estimate of drug-likeness (QED) is 0.708. The van der Waals surface area contributed by atoms with Gasteiger partial charge in [0.15, 0.2) is 0 Å². The van der Waals surface area contributed by atoms with E-state index in [4.69, 9.17) is 23.2 Å². The number of hydrogen-bond acceptors (Lipinski definition) is 1. The van der Waals surface area contributed by atoms with E-state index in [2.05, 4.69) is 15.9 Å². The van der Waals surface area contributed by atoms with E-state index in [0.717, 1.165) is 5.56 Å². The first kappa shape index (κ1) is 16.3. The van der Waals surface area contributed by atoms with Crippen LogP contribution in [0.3, 0.4) is 0 Å². The average molecular weight is 391 g/mol. The normalized spacial score (nSPS) is 10.5. The van der Waals surface area contributed by atoms with Crippen LogP contribution in [0.1, 0.15) is 15.9 Å². The zero-order chi connectivity index (χ0) is 15.6. The van der Waals surface area contributed by atoms with Gasteiger partial charge >= 0.3 is 0 Å². The van der Waals surface area contributed by atoms with Crippen LogP contribution in [0.5, 0.6) is 0 Å². The van der Waals surface area contributed by atoms with Gasteiger partial charge < -0.3 is 4.90 Å². The molecule has 0 spiro atoms. The number of amides is 1. The summed E-state index contributed by atoms with van der Waals surface area (Å²) in [7, 11) is 1.62. The van der Waals surface area contributed by atoms with Crippen molar-refractivity contribution in [3.8, 4) is 0 Å². The van der Waals surface area contributed by atoms with Gasteiger partial charge in [0.25, 0.3) is 5.91 Å². The maximum Gasteiger partial charge on any atom is 0.255 e. The Labute approximate surface area is 140 Å². The lowest BCUT2D eigenvalue weighted by Crippen LogP contribution is -2.26. The minimum atomic E-state index is -0.462. The van der Waals surface area contributed by atoms with Crippen LogP contribution in [0.25, 0.3) is 0 Å². The summed E-state index contributed by atoms with van der Waals surface area (Å²) < 4.78 is 13.8. The molecular weight excluding hydrogens is 380 g/mol. The van der Waals surface area contributed by atoms with Gasteiger partial charge in [-0.1, -0.05) is 35.3 Å². The molecule has 21 heavy (non-hydrogen) atoms. The molecular formula is C15H11BrCl2FNO. The maximum absolute atomic E-state index is 13.3. The third-order valence-electron chi connectivity index (χ3n) is 2.94. The van der Waals surface area contributed by atoms with Crippen LogP contribution in [0.4, 0.5) is 4.39 Å². The Morgan fingerprint density at radius 2 is 2.00 bits per heavy atom. The van der Waals surface area contributed by atoms with Gasteiger partial charge in [-0.2, -0.15) is 0 Å². The predicted octanol–water partition coefficient (Wildman–Crippen LogP) is 5.17. The zero-order valence-corrected chi connectivity index (χ0v) is 14.1. The van der Waals surface area contributed by atoms with Gasteiger partial charge in [-0.05, 0) is 45.8 Å². The van der Waals surface area contributed by atoms with Crippen molar-refractivity contribution in [2.24, 2.45) is 0 Å². The Morgan fingerprint density at radius 1 is 1.29 bits per heavy atom. The van der Waals surface area contributed by atoms with Crippen molar-refractivity contribution < 1.29 is 9.18 Å². The zero-order valence-electron chi connectivity index (χ0n) is 11.0. The van der Waals surface area contributed by atoms with Gasteiger partial charge in [0.1, 0.15) is 5.82 Å². The van der Waals surface area contributed by atoms with Gasteiger partial charge in [-0.25, -0.2) is 4.39 Å². The predicted molar refractivity (Wildman–Crippen MR) is 86.4 cm³/mol. The fourth-order valence-electron chi connectivity index (χ4n) is 1.86. The van der Waals surface area contributed by atoms with Crippen molar-refractivity contribution in [2.45, 2.75) is 6.54 Å². The number of benzene rings is 2. The molecule has 6 heteroatoms. The minimum Gasteiger partial charge on any atom is -0.337 e. The first-order valence-electron chi connectivity index (χ1n) is 6.03. The summed E-state index contributed by atoms with van der Waals surface area (Å²) in [5.41, 5.74) is 0.989. The molecule has 0 saturated carbocycles. The Morgan fingerprint density at radius 3 is 2.71 bits per heavy atom. The summed E-state index contributed by atoms with van der Waals surface area (Å²) >= 11 is 15.3. The Balaban J connectivity index is 2.24. The lowest BCUT2D eigenvalue weighted by molar-refractivity contribution is 0.0783. The maximum atomic E-state index is 13.3. The van der Waals surface area contributed by atoms with E-state index in [1.165, 1.54) is 23.1 Å². The Kier molecular flexibility index (Phi) is 5.25. The second kappa shape index (κ2) is 6.77. The number of carbonyl (C=O) groups excluding carboxylic acids is 1. The van der Waals surface area contributed by atoms with E-state index in [1.54, 1.807) is 25.2 Å². The standard InChI is InChI=1S/C15H11BrCl2FNO/c1-20(8-9-3-2-4-13(17)14(9)18)15(21)11-7-10(19)5-6-12(11)16/h2-7H,8H2,1H3. The van der Waals surface area contributed by atoms with Crippen molar-refractivity contribution in [1.29, 1.82) is 0 Å². The topological polar surface area (TPSA) is 20.3 Å². The first-order valence-corrected chi connectivity index (χ1v) is 7.58. The highest BCUT2D eigenvalue weighted by Gasteiger charge is 2.17. The fourth-order valence-corrected chi connectivity index (χ4v) is 2.66. The summed E-state index contributed by atoms with van der Waals surface area (Å²) in [5.74, 6) is -0.770. The molecule has 0 aliphatic heterocycles. The highest BCUT2D eigenvalue weighted by atomic mass is 79.9. The van der Waals surface area contributed by atoms with Crippen molar-refractivity contribution in [2.75, 3.05) is 7.05 Å². The SMILES string of the molecule is CN(Cc1cccc(Cl)c1Cl)C(=O)c1cc(F)ccc1Br. The van der Waals surface area contributed by atoms with Crippen molar-refractivity contribution in [1.82, 2.24) is 4.90 Å². The molecule has 0 aliphatic rings. The molecule has 2 rings (SSSR count). The van der Waals surface area contributed by atoms with E-state index < -0.39 is 5.82 Å². The fraction of sp³-hybridized carbons (Fsp3) is 0.133. The summed E-state index contributed by atoms with van der Waals surface area (Å²) in [5, 5.41) is 0.846. The first-order chi connectivity index (χ1) is 9.90. The average Bonchev–Trinajstić information content (AvgIpc) is 2.45. The molecule has 1 amide bonds. The van der Waals surface area contributed by atoms with Crippen molar-refractivity contribution in [3.63, 3.8) is 0 Å². The molecule has 0 saturated heterocycles. The lowest BCUT2D eigenvalue weighted by Gasteiger charge is -2.19. The second-order valence-corrected chi connectivity index (χ2v) is 6.14. The molecule has 0 heterocycles. The Hall–Kier alpha value is -1.10. The van der Waals surface area contributed by atoms with Gasteiger partial charge in [0.05, 0.1) is 15.6 Å². The number of rotatable bonds is 3. The van der Waals surface area contributed by atoms with E-state index in [0.29, 0.717) is 14.5 Å². The van der Waals surface area contributed by atoms with Gasteiger partial charge in [-0.15, -0.1) is 0 Å². The molecule has 0 bridgehead atoms. The van der Waals surface area contributed by atoms with Crippen LogP contribution in [0.15, 0.2) is 40.9 Å². The third-order valence-corrected chi connectivity index (χ3v) is 4.49. The molecule has 0 radical (unpaired) electrons. The van der Waals surface area contributed by atoms with Crippen LogP contribution in [0, 0.1) is 5.82 Å². The largest absolute Gasteiger partial charge is 0.337 e. The highest BCUT2D eigenvalue weighted by molar-refractivity contribution is 9.10. The van der Waals surface area contributed by atoms with Gasteiger partial charge in [0, 0.05) is 18.1 Å². The minimum absolute atomic E-state index is 0.260. The molecule has 0 unspecified atom stereocenters. The monoisotopic (exact) mass is 389 g/mol. The molecule has 0 N–H and O–H groups in total. The van der Waals surface area contributed by atoms with E-state index in [1.807, 2.05) is 0 Å². The summed E-state index contributed by atoms with van der Waals surface area (Å²) in [6, 6.07) is 9.22. The highest BCUT2D eigenvalue weighted by Crippen LogP contribution is 2.27. The molecule has 0 atom stereocenters. The van der Waals surface area contributed by atoms with E-state index >= 15 is 0 Å². The van der Waals surface area contributed by atoms with E-state index in [-0.39, 0.29) is 18.0 Å². The lowest BCUT2D eigenvalue weighted by atomic mass is 10.1. The van der Waals surface area contributed by atoms with Crippen molar-refractivity contribution >= 4 is 45.0 Å². The smallest absolute Gasteiger partial charge is 0.255 e. The van der Waals surface area contributed by atoms with Gasteiger partial charge in [-0.3, -0.25) is 4.79 Å². The summed E-state index contributed by atoms with van der Waals surface area (Å²) in [6.45, 7) is 0.279. The molecule has 0 aliphatic carbocycles. The van der Waals surface area contributed by atoms with Crippen LogP contribution < -0.4 is 0 Å². The number of nitrogens with zero attached hydrogens (tertiary/aromatic N) is 1. The molecule has 0 fully saturated rings. The number of halogens is 4. The van der Waals surface area contributed by atoms with E-state index in [9.17, 15) is 9.18 Å². The molecule has 2 aromatic rings. The van der Waals surface area contributed by atoms with Crippen LogP contribution in [0.2, 0.25) is 10.0 Å². The third kappa shape index (κ3) is 3.76. The summed E-state index contributed by atoms with van der Waals surface area (Å²) in [6.07, 6.45) is 0. The number of hydrogen-bond donors (Lipinski definition) is 0. The molecule has 2 nitrogen and oxygen atoms in total. The molecule has 0 aromatic heterocycles. The van der Waals surface area contributed by atoms with Crippen molar-refractivity contribution in [3.05, 3.63) is 67.9 Å². The number of carbonyl (C=O) groups is 1. The summed E-state index contributed by atoms with van der Waals surface area (Å²) in [4.78, 5) is 13.8. The van der Waals surface area contributed by atoms with Crippen LogP contribution >= 0.6 is 39.1 Å². The second-order valence-electron chi connectivity index (χ2n) is 4.50. The van der Waals surface area contributed by atoms with Crippen LogP contribution in [-0.2, 0) is 6.54 Å². The Bertz CT molecular complexity index is 693.